The fraction of sp³-hybridized carbons (Fsp3) is 0.0714. The van der Waals surface area contributed by atoms with Gasteiger partial charge in [-0.25, -0.2) is 4.39 Å². The molecule has 0 bridgehead atoms. The maximum atomic E-state index is 13.2. The number of halogens is 2. The molecule has 0 spiro atoms. The molecule has 0 saturated carbocycles. The molecule has 2 nitrogen and oxygen atoms in total. The number of hydrogen-bond donors (Lipinski definition) is 1. The number of rotatable bonds is 3. The van der Waals surface area contributed by atoms with Crippen LogP contribution in [0, 0.1) is 12.7 Å². The Morgan fingerprint density at radius 2 is 2.00 bits per heavy atom. The molecule has 2 aromatic carbocycles. The zero-order valence-corrected chi connectivity index (χ0v) is 12.5. The predicted octanol–water partition coefficient (Wildman–Crippen LogP) is 4.32. The molecule has 0 amide bonds. The molecule has 0 unspecified atom stereocenters. The van der Waals surface area contributed by atoms with Crippen molar-refractivity contribution in [2.24, 2.45) is 5.73 Å². The number of aryl methyl sites for hydroxylation is 1. The second-order valence-electron chi connectivity index (χ2n) is 4.04. The van der Waals surface area contributed by atoms with E-state index < -0.39 is 0 Å². The van der Waals surface area contributed by atoms with Gasteiger partial charge in [-0.1, -0.05) is 18.3 Å². The highest BCUT2D eigenvalue weighted by atomic mass is 79.9. The van der Waals surface area contributed by atoms with Crippen LogP contribution in [0.1, 0.15) is 11.1 Å². The topological polar surface area (TPSA) is 35.2 Å². The molecule has 0 aliphatic rings. The van der Waals surface area contributed by atoms with E-state index in [0.29, 0.717) is 21.5 Å². The van der Waals surface area contributed by atoms with Gasteiger partial charge in [-0.15, -0.1) is 0 Å². The van der Waals surface area contributed by atoms with E-state index in [9.17, 15) is 4.39 Å². The summed E-state index contributed by atoms with van der Waals surface area (Å²) in [5, 5.41) is 0. The van der Waals surface area contributed by atoms with Crippen molar-refractivity contribution in [3.8, 4) is 11.5 Å². The van der Waals surface area contributed by atoms with Crippen molar-refractivity contribution in [3.63, 3.8) is 0 Å². The quantitative estimate of drug-likeness (QED) is 0.845. The van der Waals surface area contributed by atoms with Gasteiger partial charge in [-0.05, 0) is 58.7 Å². The lowest BCUT2D eigenvalue weighted by Gasteiger charge is -2.11. The van der Waals surface area contributed by atoms with Gasteiger partial charge in [-0.3, -0.25) is 0 Å². The summed E-state index contributed by atoms with van der Waals surface area (Å²) in [5.41, 5.74) is 7.33. The van der Waals surface area contributed by atoms with E-state index in [1.54, 1.807) is 12.1 Å². The Labute approximate surface area is 124 Å². The first-order chi connectivity index (χ1) is 8.97. The van der Waals surface area contributed by atoms with Gasteiger partial charge in [-0.2, -0.15) is 0 Å². The molecule has 0 saturated heterocycles. The van der Waals surface area contributed by atoms with Crippen LogP contribution in [-0.4, -0.2) is 4.99 Å². The van der Waals surface area contributed by atoms with Crippen molar-refractivity contribution in [1.82, 2.24) is 0 Å². The van der Waals surface area contributed by atoms with Crippen molar-refractivity contribution in [3.05, 3.63) is 57.8 Å². The fourth-order valence-electron chi connectivity index (χ4n) is 1.58. The molecular weight excluding hydrogens is 329 g/mol. The highest BCUT2D eigenvalue weighted by Gasteiger charge is 2.09. The summed E-state index contributed by atoms with van der Waals surface area (Å²) in [6.07, 6.45) is 0. The van der Waals surface area contributed by atoms with Crippen LogP contribution in [0.25, 0.3) is 0 Å². The zero-order chi connectivity index (χ0) is 14.0. The van der Waals surface area contributed by atoms with Crippen molar-refractivity contribution < 1.29 is 9.13 Å². The molecule has 0 aromatic heterocycles. The fourth-order valence-corrected chi connectivity index (χ4v) is 2.11. The van der Waals surface area contributed by atoms with Gasteiger partial charge in [0, 0.05) is 0 Å². The third kappa shape index (κ3) is 3.30. The second kappa shape index (κ2) is 5.67. The van der Waals surface area contributed by atoms with Crippen molar-refractivity contribution in [1.29, 1.82) is 0 Å². The third-order valence-corrected chi connectivity index (χ3v) is 3.35. The average molecular weight is 340 g/mol. The van der Waals surface area contributed by atoms with Crippen molar-refractivity contribution >= 4 is 33.1 Å². The number of nitrogens with two attached hydrogens (primary N) is 1. The average Bonchev–Trinajstić information content (AvgIpc) is 2.33. The number of thiocarbonyl (C=S) groups is 1. The molecular formula is C14H11BrFNOS. The van der Waals surface area contributed by atoms with E-state index in [0.717, 1.165) is 5.56 Å². The Morgan fingerprint density at radius 1 is 1.26 bits per heavy atom. The summed E-state index contributed by atoms with van der Waals surface area (Å²) in [5.74, 6) is 0.730. The summed E-state index contributed by atoms with van der Waals surface area (Å²) in [7, 11) is 0. The van der Waals surface area contributed by atoms with E-state index >= 15 is 0 Å². The molecule has 0 atom stereocenters. The summed E-state index contributed by atoms with van der Waals surface area (Å²) >= 11 is 8.10. The van der Waals surface area contributed by atoms with E-state index in [1.807, 2.05) is 25.1 Å². The van der Waals surface area contributed by atoms with Crippen LogP contribution in [0.3, 0.4) is 0 Å². The van der Waals surface area contributed by atoms with E-state index in [4.69, 9.17) is 22.7 Å². The number of hydrogen-bond acceptors (Lipinski definition) is 2. The van der Waals surface area contributed by atoms with Gasteiger partial charge in [0.15, 0.2) is 0 Å². The minimum absolute atomic E-state index is 0.260. The highest BCUT2D eigenvalue weighted by Crippen LogP contribution is 2.29. The molecule has 0 aliphatic carbocycles. The summed E-state index contributed by atoms with van der Waals surface area (Å²) in [6, 6.07) is 9.99. The van der Waals surface area contributed by atoms with E-state index in [2.05, 4.69) is 15.9 Å². The first-order valence-electron chi connectivity index (χ1n) is 5.51. The Hall–Kier alpha value is -1.46. The van der Waals surface area contributed by atoms with Gasteiger partial charge in [0.1, 0.15) is 22.3 Å². The molecule has 2 aromatic rings. The first-order valence-corrected chi connectivity index (χ1v) is 6.71. The lowest BCUT2D eigenvalue weighted by atomic mass is 10.1. The van der Waals surface area contributed by atoms with E-state index in [-0.39, 0.29) is 10.8 Å². The standard InChI is InChI=1S/C14H11BrFNOS/c1-8-2-4-10(14(17)19)13(6-8)18-9-3-5-12(16)11(15)7-9/h2-7H,1H3,(H2,17,19). The van der Waals surface area contributed by atoms with Crippen LogP contribution in [0.5, 0.6) is 11.5 Å². The van der Waals surface area contributed by atoms with Crippen LogP contribution in [-0.2, 0) is 0 Å². The van der Waals surface area contributed by atoms with Crippen LogP contribution in [0.15, 0.2) is 40.9 Å². The molecule has 0 heterocycles. The molecule has 19 heavy (non-hydrogen) atoms. The molecule has 5 heteroatoms. The summed E-state index contributed by atoms with van der Waals surface area (Å²) in [6.45, 7) is 1.94. The molecule has 2 N–H and O–H groups in total. The van der Waals surface area contributed by atoms with Gasteiger partial charge in [0.25, 0.3) is 0 Å². The highest BCUT2D eigenvalue weighted by molar-refractivity contribution is 9.10. The monoisotopic (exact) mass is 339 g/mol. The largest absolute Gasteiger partial charge is 0.457 e. The smallest absolute Gasteiger partial charge is 0.137 e. The van der Waals surface area contributed by atoms with Crippen LogP contribution in [0.4, 0.5) is 4.39 Å². The lowest BCUT2D eigenvalue weighted by molar-refractivity contribution is 0.478. The minimum Gasteiger partial charge on any atom is -0.457 e. The van der Waals surface area contributed by atoms with Crippen LogP contribution in [0.2, 0.25) is 0 Å². The number of ether oxygens (including phenoxy) is 1. The molecule has 98 valence electrons. The van der Waals surface area contributed by atoms with Gasteiger partial charge >= 0.3 is 0 Å². The maximum absolute atomic E-state index is 13.2. The lowest BCUT2D eigenvalue weighted by Crippen LogP contribution is -2.10. The summed E-state index contributed by atoms with van der Waals surface area (Å²) in [4.78, 5) is 0.260. The first kappa shape index (κ1) is 14.0. The van der Waals surface area contributed by atoms with E-state index in [1.165, 1.54) is 6.07 Å². The van der Waals surface area contributed by atoms with Gasteiger partial charge < -0.3 is 10.5 Å². The maximum Gasteiger partial charge on any atom is 0.137 e. The Bertz CT molecular complexity index is 645. The van der Waals surface area contributed by atoms with Crippen LogP contribution < -0.4 is 10.5 Å². The summed E-state index contributed by atoms with van der Waals surface area (Å²) < 4.78 is 19.2. The van der Waals surface area contributed by atoms with Crippen molar-refractivity contribution in [2.75, 3.05) is 0 Å². The molecule has 0 radical (unpaired) electrons. The molecule has 0 aliphatic heterocycles. The Morgan fingerprint density at radius 3 is 2.63 bits per heavy atom. The van der Waals surface area contributed by atoms with Crippen LogP contribution >= 0.6 is 28.1 Å². The van der Waals surface area contributed by atoms with Gasteiger partial charge in [0.05, 0.1) is 10.0 Å². The predicted molar refractivity (Wildman–Crippen MR) is 81.2 cm³/mol. The normalized spacial score (nSPS) is 10.3. The minimum atomic E-state index is -0.342. The van der Waals surface area contributed by atoms with Gasteiger partial charge in [0.2, 0.25) is 0 Å². The zero-order valence-electron chi connectivity index (χ0n) is 10.1. The number of benzene rings is 2. The second-order valence-corrected chi connectivity index (χ2v) is 5.34. The Balaban J connectivity index is 2.39. The SMILES string of the molecule is Cc1ccc(C(N)=S)c(Oc2ccc(F)c(Br)c2)c1. The molecule has 2 rings (SSSR count). The Kier molecular flexibility index (Phi) is 4.17. The molecule has 0 fully saturated rings. The third-order valence-electron chi connectivity index (χ3n) is 2.52. The van der Waals surface area contributed by atoms with Crippen molar-refractivity contribution in [2.45, 2.75) is 6.92 Å².